The van der Waals surface area contributed by atoms with E-state index >= 15 is 0 Å². The van der Waals surface area contributed by atoms with Crippen LogP contribution < -0.4 is 10.6 Å². The number of allylic oxidation sites excluding steroid dienone is 1. The third-order valence-electron chi connectivity index (χ3n) is 4.65. The standard InChI is InChI=1S/C21H25ClN4O/c1-14-8-9-17(22)13-18(14)25-20(27)19-12-15(2)24-21(26-19)23-11-10-16-6-4-3-5-7-16/h6,8-9,12-13H,3-5,7,10-11H2,1-2H3,(H,25,27)(H,23,24,26). The molecule has 1 aliphatic carbocycles. The summed E-state index contributed by atoms with van der Waals surface area (Å²) in [6.07, 6.45) is 8.27. The van der Waals surface area contributed by atoms with Crippen LogP contribution in [-0.4, -0.2) is 22.4 Å². The van der Waals surface area contributed by atoms with E-state index in [-0.39, 0.29) is 5.91 Å². The van der Waals surface area contributed by atoms with Gasteiger partial charge in [0.2, 0.25) is 5.95 Å². The molecular weight excluding hydrogens is 360 g/mol. The molecule has 0 atom stereocenters. The molecular formula is C21H25ClN4O. The zero-order valence-corrected chi connectivity index (χ0v) is 16.6. The van der Waals surface area contributed by atoms with Gasteiger partial charge in [0, 0.05) is 22.9 Å². The Balaban J connectivity index is 1.66. The van der Waals surface area contributed by atoms with E-state index in [0.29, 0.717) is 22.4 Å². The average Bonchev–Trinajstić information content (AvgIpc) is 2.65. The van der Waals surface area contributed by atoms with E-state index < -0.39 is 0 Å². The number of hydrogen-bond acceptors (Lipinski definition) is 4. The molecule has 0 saturated heterocycles. The van der Waals surface area contributed by atoms with Gasteiger partial charge in [-0.25, -0.2) is 9.97 Å². The average molecular weight is 385 g/mol. The first kappa shape index (κ1) is 19.4. The lowest BCUT2D eigenvalue weighted by Crippen LogP contribution is -2.17. The highest BCUT2D eigenvalue weighted by Gasteiger charge is 2.13. The van der Waals surface area contributed by atoms with Crippen molar-refractivity contribution < 1.29 is 4.79 Å². The van der Waals surface area contributed by atoms with Gasteiger partial charge in [0.25, 0.3) is 5.91 Å². The molecule has 0 fully saturated rings. The van der Waals surface area contributed by atoms with Crippen LogP contribution in [0.25, 0.3) is 0 Å². The monoisotopic (exact) mass is 384 g/mol. The second kappa shape index (κ2) is 9.00. The van der Waals surface area contributed by atoms with E-state index in [1.165, 1.54) is 31.3 Å². The summed E-state index contributed by atoms with van der Waals surface area (Å²) in [6.45, 7) is 4.55. The number of halogens is 1. The van der Waals surface area contributed by atoms with Crippen LogP contribution in [0.4, 0.5) is 11.6 Å². The fraction of sp³-hybridized carbons (Fsp3) is 0.381. The molecule has 27 heavy (non-hydrogen) atoms. The van der Waals surface area contributed by atoms with Crippen molar-refractivity contribution in [2.24, 2.45) is 0 Å². The Bertz CT molecular complexity index is 863. The predicted molar refractivity (Wildman–Crippen MR) is 111 cm³/mol. The summed E-state index contributed by atoms with van der Waals surface area (Å²) >= 11 is 6.03. The fourth-order valence-corrected chi connectivity index (χ4v) is 3.32. The summed E-state index contributed by atoms with van der Waals surface area (Å²) in [4.78, 5) is 21.4. The molecule has 0 bridgehead atoms. The van der Waals surface area contributed by atoms with Gasteiger partial charge in [-0.1, -0.05) is 29.3 Å². The van der Waals surface area contributed by atoms with Crippen molar-refractivity contribution in [3.8, 4) is 0 Å². The van der Waals surface area contributed by atoms with E-state index in [0.717, 1.165) is 24.2 Å². The Labute approximate surface area is 165 Å². The Morgan fingerprint density at radius 3 is 2.81 bits per heavy atom. The van der Waals surface area contributed by atoms with E-state index in [4.69, 9.17) is 11.6 Å². The zero-order valence-electron chi connectivity index (χ0n) is 15.8. The van der Waals surface area contributed by atoms with Gasteiger partial charge in [0.1, 0.15) is 5.69 Å². The number of rotatable bonds is 6. The van der Waals surface area contributed by atoms with Gasteiger partial charge in [-0.05, 0) is 69.7 Å². The first-order valence-corrected chi connectivity index (χ1v) is 9.74. The van der Waals surface area contributed by atoms with Crippen LogP contribution in [0.1, 0.15) is 53.8 Å². The Kier molecular flexibility index (Phi) is 6.45. The molecule has 0 saturated carbocycles. The van der Waals surface area contributed by atoms with Gasteiger partial charge in [-0.15, -0.1) is 0 Å². The van der Waals surface area contributed by atoms with E-state index in [2.05, 4.69) is 26.7 Å². The van der Waals surface area contributed by atoms with Crippen molar-refractivity contribution in [2.45, 2.75) is 46.0 Å². The highest BCUT2D eigenvalue weighted by atomic mass is 35.5. The van der Waals surface area contributed by atoms with Crippen LogP contribution in [-0.2, 0) is 0 Å². The van der Waals surface area contributed by atoms with Crippen molar-refractivity contribution in [1.29, 1.82) is 0 Å². The van der Waals surface area contributed by atoms with Crippen LogP contribution in [0.5, 0.6) is 0 Å². The number of carbonyl (C=O) groups excluding carboxylic acids is 1. The molecule has 2 N–H and O–H groups in total. The molecule has 0 aliphatic heterocycles. The third kappa shape index (κ3) is 5.54. The molecule has 2 aromatic rings. The first-order chi connectivity index (χ1) is 13.0. The van der Waals surface area contributed by atoms with Crippen LogP contribution in [0, 0.1) is 13.8 Å². The number of aryl methyl sites for hydroxylation is 2. The highest BCUT2D eigenvalue weighted by molar-refractivity contribution is 6.31. The van der Waals surface area contributed by atoms with Crippen molar-refractivity contribution in [2.75, 3.05) is 17.2 Å². The summed E-state index contributed by atoms with van der Waals surface area (Å²) in [5.41, 5.74) is 4.20. The minimum absolute atomic E-state index is 0.274. The van der Waals surface area contributed by atoms with Crippen molar-refractivity contribution >= 4 is 29.1 Å². The topological polar surface area (TPSA) is 66.9 Å². The Morgan fingerprint density at radius 2 is 2.04 bits per heavy atom. The molecule has 142 valence electrons. The molecule has 5 nitrogen and oxygen atoms in total. The maximum atomic E-state index is 12.6. The highest BCUT2D eigenvalue weighted by Crippen LogP contribution is 2.21. The predicted octanol–water partition coefficient (Wildman–Crippen LogP) is 5.30. The molecule has 1 aromatic heterocycles. The smallest absolute Gasteiger partial charge is 0.274 e. The minimum atomic E-state index is -0.274. The summed E-state index contributed by atoms with van der Waals surface area (Å²) < 4.78 is 0. The van der Waals surface area contributed by atoms with Gasteiger partial charge in [-0.2, -0.15) is 0 Å². The van der Waals surface area contributed by atoms with E-state index in [9.17, 15) is 4.79 Å². The molecule has 1 heterocycles. The SMILES string of the molecule is Cc1cc(C(=O)Nc2cc(Cl)ccc2C)nc(NCCC2=CCCCC2)n1. The molecule has 1 aromatic carbocycles. The van der Waals surface area contributed by atoms with E-state index in [1.54, 1.807) is 18.2 Å². The largest absolute Gasteiger partial charge is 0.354 e. The molecule has 3 rings (SSSR count). The lowest BCUT2D eigenvalue weighted by molar-refractivity contribution is 0.102. The first-order valence-electron chi connectivity index (χ1n) is 9.36. The molecule has 6 heteroatoms. The number of carbonyl (C=O) groups is 1. The lowest BCUT2D eigenvalue weighted by atomic mass is 9.97. The van der Waals surface area contributed by atoms with Crippen LogP contribution in [0.15, 0.2) is 35.9 Å². The van der Waals surface area contributed by atoms with Crippen LogP contribution in [0.2, 0.25) is 5.02 Å². The van der Waals surface area contributed by atoms with Gasteiger partial charge in [-0.3, -0.25) is 4.79 Å². The minimum Gasteiger partial charge on any atom is -0.354 e. The normalized spacial score (nSPS) is 13.8. The molecule has 1 amide bonds. The Morgan fingerprint density at radius 1 is 1.19 bits per heavy atom. The number of anilines is 2. The maximum Gasteiger partial charge on any atom is 0.274 e. The summed E-state index contributed by atoms with van der Waals surface area (Å²) in [7, 11) is 0. The second-order valence-corrected chi connectivity index (χ2v) is 7.35. The zero-order chi connectivity index (χ0) is 19.2. The summed E-state index contributed by atoms with van der Waals surface area (Å²) in [5, 5.41) is 6.71. The molecule has 1 aliphatic rings. The number of benzene rings is 1. The third-order valence-corrected chi connectivity index (χ3v) is 4.88. The molecule has 0 spiro atoms. The number of hydrogen-bond donors (Lipinski definition) is 2. The number of amides is 1. The van der Waals surface area contributed by atoms with Gasteiger partial charge in [0.15, 0.2) is 0 Å². The fourth-order valence-electron chi connectivity index (χ4n) is 3.15. The molecule has 0 radical (unpaired) electrons. The van der Waals surface area contributed by atoms with Crippen molar-refractivity contribution in [3.05, 3.63) is 57.9 Å². The van der Waals surface area contributed by atoms with Gasteiger partial charge < -0.3 is 10.6 Å². The second-order valence-electron chi connectivity index (χ2n) is 6.92. The van der Waals surface area contributed by atoms with Crippen molar-refractivity contribution in [1.82, 2.24) is 9.97 Å². The van der Waals surface area contributed by atoms with E-state index in [1.807, 2.05) is 19.9 Å². The number of nitrogens with one attached hydrogen (secondary N) is 2. The van der Waals surface area contributed by atoms with Crippen LogP contribution >= 0.6 is 11.6 Å². The van der Waals surface area contributed by atoms with Crippen molar-refractivity contribution in [3.63, 3.8) is 0 Å². The van der Waals surface area contributed by atoms with Gasteiger partial charge >= 0.3 is 0 Å². The lowest BCUT2D eigenvalue weighted by Gasteiger charge is -2.13. The number of aromatic nitrogens is 2. The summed E-state index contributed by atoms with van der Waals surface area (Å²) in [5.74, 6) is 0.211. The maximum absolute atomic E-state index is 12.6. The quantitative estimate of drug-likeness (QED) is 0.663. The number of nitrogens with zero attached hydrogens (tertiary/aromatic N) is 2. The molecule has 0 unspecified atom stereocenters. The Hall–Kier alpha value is -2.40. The van der Waals surface area contributed by atoms with Gasteiger partial charge in [0.05, 0.1) is 0 Å². The van der Waals surface area contributed by atoms with Crippen LogP contribution in [0.3, 0.4) is 0 Å². The summed E-state index contributed by atoms with van der Waals surface area (Å²) in [6, 6.07) is 7.09.